The molecular formula is C17H26N2O. The second-order valence-electron chi connectivity index (χ2n) is 5.98. The lowest BCUT2D eigenvalue weighted by molar-refractivity contribution is -0.117. The highest BCUT2D eigenvalue weighted by atomic mass is 16.2. The maximum Gasteiger partial charge on any atom is 0.238 e. The van der Waals surface area contributed by atoms with E-state index in [1.165, 1.54) is 31.2 Å². The third kappa shape index (κ3) is 4.34. The Morgan fingerprint density at radius 2 is 1.80 bits per heavy atom. The maximum absolute atomic E-state index is 12.2. The predicted octanol–water partition coefficient (Wildman–Crippen LogP) is 3.62. The van der Waals surface area contributed by atoms with Crippen LogP contribution in [0.3, 0.4) is 0 Å². The Bertz CT molecular complexity index is 434. The highest BCUT2D eigenvalue weighted by molar-refractivity contribution is 5.93. The molecule has 1 heterocycles. The van der Waals surface area contributed by atoms with Crippen molar-refractivity contribution >= 4 is 11.6 Å². The van der Waals surface area contributed by atoms with Crippen LogP contribution in [-0.2, 0) is 4.79 Å². The fraction of sp³-hybridized carbons (Fsp3) is 0.588. The molecular weight excluding hydrogens is 248 g/mol. The summed E-state index contributed by atoms with van der Waals surface area (Å²) in [4.78, 5) is 14.5. The van der Waals surface area contributed by atoms with Gasteiger partial charge in [0, 0.05) is 5.69 Å². The molecule has 110 valence electrons. The van der Waals surface area contributed by atoms with Gasteiger partial charge in [0.1, 0.15) is 0 Å². The first-order valence-corrected chi connectivity index (χ1v) is 7.78. The standard InChI is InChI=1S/C17H26N2O/c1-14(2)15-9-5-6-10-16(15)18-17(20)13-19-11-7-3-4-8-12-19/h5-6,9-10,14H,3-4,7-8,11-13H2,1-2H3,(H,18,20). The molecule has 0 saturated carbocycles. The molecule has 1 saturated heterocycles. The number of anilines is 1. The Kier molecular flexibility index (Phi) is 5.60. The number of amides is 1. The van der Waals surface area contributed by atoms with Crippen molar-refractivity contribution < 1.29 is 4.79 Å². The Hall–Kier alpha value is -1.35. The summed E-state index contributed by atoms with van der Waals surface area (Å²) in [6, 6.07) is 8.09. The quantitative estimate of drug-likeness (QED) is 0.909. The van der Waals surface area contributed by atoms with Crippen molar-refractivity contribution in [2.75, 3.05) is 25.0 Å². The predicted molar refractivity (Wildman–Crippen MR) is 84.1 cm³/mol. The van der Waals surface area contributed by atoms with Crippen LogP contribution in [-0.4, -0.2) is 30.4 Å². The number of rotatable bonds is 4. The fourth-order valence-electron chi connectivity index (χ4n) is 2.80. The van der Waals surface area contributed by atoms with Crippen LogP contribution in [0.25, 0.3) is 0 Å². The van der Waals surface area contributed by atoms with Gasteiger partial charge in [-0.1, -0.05) is 44.9 Å². The molecule has 2 rings (SSSR count). The number of nitrogens with one attached hydrogen (secondary N) is 1. The van der Waals surface area contributed by atoms with E-state index in [2.05, 4.69) is 30.1 Å². The molecule has 3 heteroatoms. The Morgan fingerprint density at radius 1 is 1.15 bits per heavy atom. The molecule has 20 heavy (non-hydrogen) atoms. The van der Waals surface area contributed by atoms with Gasteiger partial charge in [-0.15, -0.1) is 0 Å². The zero-order valence-corrected chi connectivity index (χ0v) is 12.7. The summed E-state index contributed by atoms with van der Waals surface area (Å²) < 4.78 is 0. The van der Waals surface area contributed by atoms with Crippen molar-refractivity contribution in [1.29, 1.82) is 0 Å². The minimum atomic E-state index is 0.111. The monoisotopic (exact) mass is 274 g/mol. The first-order valence-electron chi connectivity index (χ1n) is 7.78. The minimum Gasteiger partial charge on any atom is -0.325 e. The summed E-state index contributed by atoms with van der Waals surface area (Å²) in [5.74, 6) is 0.532. The summed E-state index contributed by atoms with van der Waals surface area (Å²) in [6.07, 6.45) is 5.04. The Labute approximate surface area is 122 Å². The van der Waals surface area contributed by atoms with E-state index >= 15 is 0 Å². The van der Waals surface area contributed by atoms with Gasteiger partial charge >= 0.3 is 0 Å². The number of para-hydroxylation sites is 1. The molecule has 1 aromatic rings. The summed E-state index contributed by atoms with van der Waals surface area (Å²) in [6.45, 7) is 6.94. The molecule has 1 fully saturated rings. The lowest BCUT2D eigenvalue weighted by Gasteiger charge is -2.20. The smallest absolute Gasteiger partial charge is 0.238 e. The van der Waals surface area contributed by atoms with E-state index in [0.717, 1.165) is 18.8 Å². The van der Waals surface area contributed by atoms with Gasteiger partial charge < -0.3 is 5.32 Å². The number of hydrogen-bond donors (Lipinski definition) is 1. The van der Waals surface area contributed by atoms with Crippen LogP contribution >= 0.6 is 0 Å². The molecule has 1 aromatic carbocycles. The van der Waals surface area contributed by atoms with Gasteiger partial charge in [0.2, 0.25) is 5.91 Å². The first-order chi connectivity index (χ1) is 9.66. The van der Waals surface area contributed by atoms with Gasteiger partial charge in [0.05, 0.1) is 6.54 Å². The van der Waals surface area contributed by atoms with Crippen molar-refractivity contribution in [2.24, 2.45) is 0 Å². The van der Waals surface area contributed by atoms with Crippen LogP contribution in [0, 0.1) is 0 Å². The van der Waals surface area contributed by atoms with Crippen molar-refractivity contribution in [3.63, 3.8) is 0 Å². The third-order valence-electron chi connectivity index (χ3n) is 3.92. The number of carbonyl (C=O) groups excluding carboxylic acids is 1. The normalized spacial score (nSPS) is 16.9. The van der Waals surface area contributed by atoms with Crippen molar-refractivity contribution in [1.82, 2.24) is 4.90 Å². The fourth-order valence-corrected chi connectivity index (χ4v) is 2.80. The number of hydrogen-bond acceptors (Lipinski definition) is 2. The molecule has 0 radical (unpaired) electrons. The van der Waals surface area contributed by atoms with E-state index in [9.17, 15) is 4.79 Å². The van der Waals surface area contributed by atoms with Gasteiger partial charge in [-0.3, -0.25) is 9.69 Å². The van der Waals surface area contributed by atoms with Crippen LogP contribution < -0.4 is 5.32 Å². The summed E-state index contributed by atoms with van der Waals surface area (Å²) in [5, 5.41) is 3.08. The summed E-state index contributed by atoms with van der Waals surface area (Å²) in [5.41, 5.74) is 2.17. The van der Waals surface area contributed by atoms with E-state index in [0.29, 0.717) is 12.5 Å². The van der Waals surface area contributed by atoms with Gasteiger partial charge in [0.25, 0.3) is 0 Å². The Balaban J connectivity index is 1.94. The lowest BCUT2D eigenvalue weighted by atomic mass is 10.0. The largest absolute Gasteiger partial charge is 0.325 e. The van der Waals surface area contributed by atoms with Crippen molar-refractivity contribution in [3.05, 3.63) is 29.8 Å². The van der Waals surface area contributed by atoms with Gasteiger partial charge in [-0.05, 0) is 43.5 Å². The number of benzene rings is 1. The van der Waals surface area contributed by atoms with E-state index in [-0.39, 0.29) is 5.91 Å². The molecule has 0 aliphatic carbocycles. The third-order valence-corrected chi connectivity index (χ3v) is 3.92. The number of likely N-dealkylation sites (tertiary alicyclic amines) is 1. The van der Waals surface area contributed by atoms with Crippen molar-refractivity contribution in [2.45, 2.75) is 45.4 Å². The molecule has 0 atom stereocenters. The zero-order valence-electron chi connectivity index (χ0n) is 12.7. The topological polar surface area (TPSA) is 32.3 Å². The minimum absolute atomic E-state index is 0.111. The highest BCUT2D eigenvalue weighted by Gasteiger charge is 2.14. The van der Waals surface area contributed by atoms with E-state index in [1.807, 2.05) is 18.2 Å². The summed E-state index contributed by atoms with van der Waals surface area (Å²) in [7, 11) is 0. The molecule has 1 aliphatic rings. The SMILES string of the molecule is CC(C)c1ccccc1NC(=O)CN1CCCCCC1. The van der Waals surface area contributed by atoms with Crippen LogP contribution in [0.5, 0.6) is 0 Å². The maximum atomic E-state index is 12.2. The van der Waals surface area contributed by atoms with E-state index in [1.54, 1.807) is 0 Å². The van der Waals surface area contributed by atoms with Crippen molar-refractivity contribution in [3.8, 4) is 0 Å². The molecule has 1 N–H and O–H groups in total. The zero-order chi connectivity index (χ0) is 14.4. The second kappa shape index (κ2) is 7.44. The average molecular weight is 274 g/mol. The Morgan fingerprint density at radius 3 is 2.45 bits per heavy atom. The van der Waals surface area contributed by atoms with E-state index < -0.39 is 0 Å². The molecule has 1 amide bonds. The van der Waals surface area contributed by atoms with Gasteiger partial charge in [0.15, 0.2) is 0 Å². The first kappa shape index (κ1) is 15.0. The van der Waals surface area contributed by atoms with Crippen LogP contribution in [0.1, 0.15) is 51.0 Å². The number of nitrogens with zero attached hydrogens (tertiary/aromatic N) is 1. The molecule has 0 unspecified atom stereocenters. The van der Waals surface area contributed by atoms with E-state index in [4.69, 9.17) is 0 Å². The lowest BCUT2D eigenvalue weighted by Crippen LogP contribution is -2.34. The van der Waals surface area contributed by atoms with Crippen LogP contribution in [0.2, 0.25) is 0 Å². The molecule has 3 nitrogen and oxygen atoms in total. The molecule has 0 aromatic heterocycles. The second-order valence-corrected chi connectivity index (χ2v) is 5.98. The summed E-state index contributed by atoms with van der Waals surface area (Å²) >= 11 is 0. The van der Waals surface area contributed by atoms with Crippen LogP contribution in [0.15, 0.2) is 24.3 Å². The van der Waals surface area contributed by atoms with Gasteiger partial charge in [-0.2, -0.15) is 0 Å². The van der Waals surface area contributed by atoms with Crippen LogP contribution in [0.4, 0.5) is 5.69 Å². The molecule has 0 spiro atoms. The molecule has 1 aliphatic heterocycles. The van der Waals surface area contributed by atoms with Gasteiger partial charge in [-0.25, -0.2) is 0 Å². The average Bonchev–Trinajstić information content (AvgIpc) is 2.67. The number of carbonyl (C=O) groups is 1. The molecule has 0 bridgehead atoms. The highest BCUT2D eigenvalue weighted by Crippen LogP contribution is 2.23.